The molecule has 0 aliphatic heterocycles. The minimum Gasteiger partial charge on any atom is -0.472 e. The first-order chi connectivity index (χ1) is 14.7. The second-order valence-electron chi connectivity index (χ2n) is 7.71. The van der Waals surface area contributed by atoms with Gasteiger partial charge >= 0.3 is 0 Å². The Bertz CT molecular complexity index is 1150. The summed E-state index contributed by atoms with van der Waals surface area (Å²) in [6, 6.07) is 10.9. The third kappa shape index (κ3) is 5.37. The van der Waals surface area contributed by atoms with Gasteiger partial charge in [-0.05, 0) is 52.0 Å². The van der Waals surface area contributed by atoms with Crippen LogP contribution in [-0.2, 0) is 13.2 Å². The molecule has 2 aromatic carbocycles. The van der Waals surface area contributed by atoms with Crippen LogP contribution in [0.25, 0.3) is 0 Å². The lowest BCUT2D eigenvalue weighted by molar-refractivity contribution is 0.282. The van der Waals surface area contributed by atoms with Crippen molar-refractivity contribution < 1.29 is 13.5 Å². The van der Waals surface area contributed by atoms with Crippen molar-refractivity contribution in [2.75, 3.05) is 0 Å². The first kappa shape index (κ1) is 23.1. The lowest BCUT2D eigenvalue weighted by Gasteiger charge is -2.18. The van der Waals surface area contributed by atoms with Crippen molar-refractivity contribution in [3.63, 3.8) is 0 Å². The summed E-state index contributed by atoms with van der Waals surface area (Å²) in [4.78, 5) is 17.3. The van der Waals surface area contributed by atoms with Gasteiger partial charge < -0.3 is 10.5 Å². The van der Waals surface area contributed by atoms with E-state index >= 15 is 0 Å². The number of benzene rings is 2. The molecule has 0 fully saturated rings. The molecule has 3 aromatic rings. The highest BCUT2D eigenvalue weighted by molar-refractivity contribution is 9.10. The molecule has 0 radical (unpaired) electrons. The molecule has 164 valence electrons. The number of hydrogen-bond acceptors (Lipinski definition) is 4. The van der Waals surface area contributed by atoms with Crippen molar-refractivity contribution in [2.45, 2.75) is 40.0 Å². The van der Waals surface area contributed by atoms with Gasteiger partial charge in [0.05, 0.1) is 6.54 Å². The van der Waals surface area contributed by atoms with Gasteiger partial charge in [-0.2, -0.15) is 4.98 Å². The first-order valence-corrected chi connectivity index (χ1v) is 10.6. The van der Waals surface area contributed by atoms with Gasteiger partial charge in [0, 0.05) is 17.7 Å². The molecule has 8 heteroatoms. The van der Waals surface area contributed by atoms with Crippen LogP contribution in [0.4, 0.5) is 8.78 Å². The van der Waals surface area contributed by atoms with Crippen LogP contribution in [-0.4, -0.2) is 9.55 Å². The van der Waals surface area contributed by atoms with Crippen LogP contribution < -0.4 is 16.0 Å². The molecule has 0 aliphatic rings. The fourth-order valence-electron chi connectivity index (χ4n) is 3.15. The van der Waals surface area contributed by atoms with Gasteiger partial charge in [-0.3, -0.25) is 9.36 Å². The molecule has 1 atom stereocenters. The van der Waals surface area contributed by atoms with E-state index in [1.807, 2.05) is 24.3 Å². The standard InChI is InChI=1S/C23H24BrF2N3O2/c1-13(2)21(27)16-6-4-5-15(9-16)11-29-14(3)28-22(20(24)23(29)30)31-12-17-7-8-18(25)10-19(17)26/h4-10,13,21H,11-12,27H2,1-3H3. The zero-order valence-electron chi connectivity index (χ0n) is 17.5. The summed E-state index contributed by atoms with van der Waals surface area (Å²) >= 11 is 3.24. The average Bonchev–Trinajstić information content (AvgIpc) is 2.73. The Morgan fingerprint density at radius 2 is 1.94 bits per heavy atom. The smallest absolute Gasteiger partial charge is 0.272 e. The van der Waals surface area contributed by atoms with E-state index in [0.717, 1.165) is 23.3 Å². The summed E-state index contributed by atoms with van der Waals surface area (Å²) in [5, 5.41) is 0. The summed E-state index contributed by atoms with van der Waals surface area (Å²) in [7, 11) is 0. The first-order valence-electron chi connectivity index (χ1n) is 9.85. The zero-order valence-corrected chi connectivity index (χ0v) is 19.1. The van der Waals surface area contributed by atoms with Crippen molar-refractivity contribution >= 4 is 15.9 Å². The Labute approximate surface area is 188 Å². The van der Waals surface area contributed by atoms with Crippen LogP contribution in [0, 0.1) is 24.5 Å². The zero-order chi connectivity index (χ0) is 22.7. The normalized spacial score (nSPS) is 12.3. The number of aryl methyl sites for hydroxylation is 1. The number of aromatic nitrogens is 2. The highest BCUT2D eigenvalue weighted by Crippen LogP contribution is 2.23. The highest BCUT2D eigenvalue weighted by Gasteiger charge is 2.16. The average molecular weight is 492 g/mol. The molecule has 0 saturated heterocycles. The van der Waals surface area contributed by atoms with Crippen LogP contribution in [0.1, 0.15) is 42.4 Å². The second-order valence-corrected chi connectivity index (χ2v) is 8.50. The van der Waals surface area contributed by atoms with Crippen molar-refractivity contribution in [3.05, 3.63) is 91.4 Å². The Morgan fingerprint density at radius 3 is 2.61 bits per heavy atom. The summed E-state index contributed by atoms with van der Waals surface area (Å²) in [6.07, 6.45) is 0. The summed E-state index contributed by atoms with van der Waals surface area (Å²) in [6.45, 7) is 5.95. The number of rotatable bonds is 7. The van der Waals surface area contributed by atoms with Gasteiger partial charge in [0.15, 0.2) is 0 Å². The van der Waals surface area contributed by atoms with E-state index in [-0.39, 0.29) is 40.0 Å². The lowest BCUT2D eigenvalue weighted by atomic mass is 9.96. The van der Waals surface area contributed by atoms with Crippen LogP contribution >= 0.6 is 15.9 Å². The van der Waals surface area contributed by atoms with E-state index in [1.54, 1.807) is 6.92 Å². The van der Waals surface area contributed by atoms with Crippen molar-refractivity contribution in [3.8, 4) is 5.88 Å². The van der Waals surface area contributed by atoms with Gasteiger partial charge in [-0.15, -0.1) is 0 Å². The van der Waals surface area contributed by atoms with Crippen LogP contribution in [0.5, 0.6) is 5.88 Å². The number of nitrogens with two attached hydrogens (primary N) is 1. The number of ether oxygens (including phenoxy) is 1. The SMILES string of the molecule is Cc1nc(OCc2ccc(F)cc2F)c(Br)c(=O)n1Cc1cccc(C(N)C(C)C)c1. The molecular weight excluding hydrogens is 468 g/mol. The summed E-state index contributed by atoms with van der Waals surface area (Å²) in [5.41, 5.74) is 8.03. The molecule has 0 spiro atoms. The largest absolute Gasteiger partial charge is 0.472 e. The highest BCUT2D eigenvalue weighted by atomic mass is 79.9. The third-order valence-electron chi connectivity index (χ3n) is 5.05. The maximum atomic E-state index is 13.8. The van der Waals surface area contributed by atoms with Crippen LogP contribution in [0.2, 0.25) is 0 Å². The van der Waals surface area contributed by atoms with Gasteiger partial charge in [0.1, 0.15) is 28.5 Å². The Kier molecular flexibility index (Phi) is 7.23. The van der Waals surface area contributed by atoms with Gasteiger partial charge in [0.2, 0.25) is 5.88 Å². The molecule has 31 heavy (non-hydrogen) atoms. The van der Waals surface area contributed by atoms with E-state index in [4.69, 9.17) is 10.5 Å². The van der Waals surface area contributed by atoms with E-state index in [9.17, 15) is 13.6 Å². The minimum atomic E-state index is -0.722. The molecule has 1 aromatic heterocycles. The molecule has 1 unspecified atom stereocenters. The molecule has 3 rings (SSSR count). The van der Waals surface area contributed by atoms with Crippen LogP contribution in [0.3, 0.4) is 0 Å². The maximum Gasteiger partial charge on any atom is 0.272 e. The van der Waals surface area contributed by atoms with Gasteiger partial charge in [-0.1, -0.05) is 38.1 Å². The molecule has 1 heterocycles. The summed E-state index contributed by atoms with van der Waals surface area (Å²) < 4.78 is 34.1. The third-order valence-corrected chi connectivity index (χ3v) is 5.73. The number of halogens is 3. The maximum absolute atomic E-state index is 13.8. The Hall–Kier alpha value is -2.58. The minimum absolute atomic E-state index is 0.0538. The molecule has 0 amide bonds. The quantitative estimate of drug-likeness (QED) is 0.511. The van der Waals surface area contributed by atoms with E-state index in [2.05, 4.69) is 34.8 Å². The molecule has 5 nitrogen and oxygen atoms in total. The topological polar surface area (TPSA) is 70.1 Å². The second kappa shape index (κ2) is 9.70. The molecule has 0 saturated carbocycles. The number of hydrogen-bond donors (Lipinski definition) is 1. The van der Waals surface area contributed by atoms with Gasteiger partial charge in [0.25, 0.3) is 5.56 Å². The Morgan fingerprint density at radius 1 is 1.19 bits per heavy atom. The van der Waals surface area contributed by atoms with Crippen LogP contribution in [0.15, 0.2) is 51.7 Å². The van der Waals surface area contributed by atoms with E-state index in [0.29, 0.717) is 12.4 Å². The van der Waals surface area contributed by atoms with E-state index in [1.165, 1.54) is 10.6 Å². The molecular formula is C23H24BrF2N3O2. The van der Waals surface area contributed by atoms with Gasteiger partial charge in [-0.25, -0.2) is 8.78 Å². The monoisotopic (exact) mass is 491 g/mol. The van der Waals surface area contributed by atoms with Crippen molar-refractivity contribution in [1.82, 2.24) is 9.55 Å². The lowest BCUT2D eigenvalue weighted by Crippen LogP contribution is -2.26. The molecule has 0 aliphatic carbocycles. The fraction of sp³-hybridized carbons (Fsp3) is 0.304. The molecule has 0 bridgehead atoms. The van der Waals surface area contributed by atoms with Crippen molar-refractivity contribution in [2.24, 2.45) is 11.7 Å². The predicted molar refractivity (Wildman–Crippen MR) is 119 cm³/mol. The van der Waals surface area contributed by atoms with E-state index < -0.39 is 11.6 Å². The number of nitrogens with zero attached hydrogens (tertiary/aromatic N) is 2. The molecule has 2 N–H and O–H groups in total. The van der Waals surface area contributed by atoms with Crippen molar-refractivity contribution in [1.29, 1.82) is 0 Å². The fourth-order valence-corrected chi connectivity index (χ4v) is 3.56. The Balaban J connectivity index is 1.83. The predicted octanol–water partition coefficient (Wildman–Crippen LogP) is 4.88. The summed E-state index contributed by atoms with van der Waals surface area (Å²) in [5.74, 6) is -0.601.